The van der Waals surface area contributed by atoms with Crippen molar-refractivity contribution < 1.29 is 24.7 Å². The number of ether oxygens (including phenoxy) is 1. The van der Waals surface area contributed by atoms with Crippen molar-refractivity contribution in [3.05, 3.63) is 54.1 Å². The molecule has 0 aromatic heterocycles. The van der Waals surface area contributed by atoms with Gasteiger partial charge in [-0.15, -0.1) is 0 Å². The van der Waals surface area contributed by atoms with Crippen LogP contribution in [-0.4, -0.2) is 28.2 Å². The van der Waals surface area contributed by atoms with Gasteiger partial charge in [-0.25, -0.2) is 4.79 Å². The molecule has 0 heterocycles. The van der Waals surface area contributed by atoms with Crippen molar-refractivity contribution in [1.82, 2.24) is 0 Å². The minimum atomic E-state index is -1.55. The first-order valence-electron chi connectivity index (χ1n) is 5.53. The Labute approximate surface area is 109 Å². The SMILES string of the molecule is O=C(Oc1ccc(B(O)O)cc1)c1ccc(O)cc1. The second-order valence-corrected chi connectivity index (χ2v) is 3.88. The number of aromatic hydroxyl groups is 1. The average Bonchev–Trinajstić information content (AvgIpc) is 2.40. The highest BCUT2D eigenvalue weighted by Crippen LogP contribution is 2.14. The molecule has 0 saturated carbocycles. The Balaban J connectivity index is 2.08. The van der Waals surface area contributed by atoms with Crippen molar-refractivity contribution in [2.24, 2.45) is 0 Å². The third kappa shape index (κ3) is 3.34. The number of benzene rings is 2. The molecule has 19 heavy (non-hydrogen) atoms. The quantitative estimate of drug-likeness (QED) is 0.418. The van der Waals surface area contributed by atoms with Gasteiger partial charge < -0.3 is 19.9 Å². The molecule has 0 amide bonds. The van der Waals surface area contributed by atoms with E-state index in [4.69, 9.17) is 19.9 Å². The van der Waals surface area contributed by atoms with E-state index in [-0.39, 0.29) is 5.75 Å². The Hall–Kier alpha value is -2.31. The van der Waals surface area contributed by atoms with Crippen LogP contribution in [0, 0.1) is 0 Å². The number of carbonyl (C=O) groups excluding carboxylic acids is 1. The Morgan fingerprint density at radius 1 is 0.947 bits per heavy atom. The molecule has 2 aromatic rings. The van der Waals surface area contributed by atoms with Crippen molar-refractivity contribution in [2.75, 3.05) is 0 Å². The summed E-state index contributed by atoms with van der Waals surface area (Å²) >= 11 is 0. The van der Waals surface area contributed by atoms with Gasteiger partial charge >= 0.3 is 13.1 Å². The first kappa shape index (κ1) is 13.1. The number of carbonyl (C=O) groups is 1. The molecule has 0 saturated heterocycles. The summed E-state index contributed by atoms with van der Waals surface area (Å²) in [5.74, 6) is -0.197. The van der Waals surface area contributed by atoms with Gasteiger partial charge in [0, 0.05) is 0 Å². The zero-order chi connectivity index (χ0) is 13.8. The lowest BCUT2D eigenvalue weighted by Gasteiger charge is -2.05. The van der Waals surface area contributed by atoms with Gasteiger partial charge in [0.1, 0.15) is 11.5 Å². The molecule has 5 nitrogen and oxygen atoms in total. The maximum absolute atomic E-state index is 11.7. The molecule has 6 heteroatoms. The average molecular weight is 258 g/mol. The molecule has 0 aliphatic carbocycles. The predicted molar refractivity (Wildman–Crippen MR) is 69.3 cm³/mol. The van der Waals surface area contributed by atoms with E-state index in [0.29, 0.717) is 16.8 Å². The largest absolute Gasteiger partial charge is 0.508 e. The lowest BCUT2D eigenvalue weighted by molar-refractivity contribution is 0.0735. The van der Waals surface area contributed by atoms with E-state index in [9.17, 15) is 4.79 Å². The highest BCUT2D eigenvalue weighted by Gasteiger charge is 2.12. The molecule has 96 valence electrons. The van der Waals surface area contributed by atoms with E-state index in [1.165, 1.54) is 48.5 Å². The van der Waals surface area contributed by atoms with Crippen molar-refractivity contribution in [2.45, 2.75) is 0 Å². The lowest BCUT2D eigenvalue weighted by atomic mass is 9.80. The fourth-order valence-corrected chi connectivity index (χ4v) is 1.47. The smallest absolute Gasteiger partial charge is 0.488 e. The van der Waals surface area contributed by atoms with Gasteiger partial charge in [-0.1, -0.05) is 12.1 Å². The Morgan fingerprint density at radius 2 is 1.53 bits per heavy atom. The lowest BCUT2D eigenvalue weighted by Crippen LogP contribution is -2.29. The summed E-state index contributed by atoms with van der Waals surface area (Å²) in [6, 6.07) is 11.5. The van der Waals surface area contributed by atoms with Gasteiger partial charge in [-0.05, 0) is 41.9 Å². The summed E-state index contributed by atoms with van der Waals surface area (Å²) in [6.45, 7) is 0. The molecule has 0 fully saturated rings. The molecule has 0 aliphatic rings. The van der Waals surface area contributed by atoms with Gasteiger partial charge in [0.05, 0.1) is 5.56 Å². The summed E-state index contributed by atoms with van der Waals surface area (Å²) in [5.41, 5.74) is 0.619. The molecule has 2 aromatic carbocycles. The molecular weight excluding hydrogens is 247 g/mol. The highest BCUT2D eigenvalue weighted by molar-refractivity contribution is 6.58. The summed E-state index contributed by atoms with van der Waals surface area (Å²) in [4.78, 5) is 11.7. The van der Waals surface area contributed by atoms with Crippen LogP contribution in [0.3, 0.4) is 0 Å². The van der Waals surface area contributed by atoms with Crippen LogP contribution in [0.4, 0.5) is 0 Å². The molecular formula is C13H11BO5. The van der Waals surface area contributed by atoms with Crippen LogP contribution in [0.2, 0.25) is 0 Å². The summed E-state index contributed by atoms with van der Waals surface area (Å²) in [7, 11) is -1.55. The molecule has 3 N–H and O–H groups in total. The second kappa shape index (κ2) is 5.56. The van der Waals surface area contributed by atoms with Gasteiger partial charge in [-0.2, -0.15) is 0 Å². The second-order valence-electron chi connectivity index (χ2n) is 3.88. The summed E-state index contributed by atoms with van der Waals surface area (Å²) < 4.78 is 5.09. The van der Waals surface area contributed by atoms with E-state index < -0.39 is 13.1 Å². The number of phenolic OH excluding ortho intramolecular Hbond substituents is 1. The first-order chi connectivity index (χ1) is 9.06. The van der Waals surface area contributed by atoms with Crippen LogP contribution >= 0.6 is 0 Å². The van der Waals surface area contributed by atoms with Crippen LogP contribution in [-0.2, 0) is 0 Å². The molecule has 2 rings (SSSR count). The van der Waals surface area contributed by atoms with Gasteiger partial charge in [0.2, 0.25) is 0 Å². The van der Waals surface area contributed by atoms with Crippen LogP contribution in [0.5, 0.6) is 11.5 Å². The topological polar surface area (TPSA) is 87.0 Å². The summed E-state index contributed by atoms with van der Waals surface area (Å²) in [5, 5.41) is 27.0. The molecule has 0 unspecified atom stereocenters. The van der Waals surface area contributed by atoms with Crippen LogP contribution in [0.1, 0.15) is 10.4 Å². The fraction of sp³-hybridized carbons (Fsp3) is 0. The van der Waals surface area contributed by atoms with E-state index in [2.05, 4.69) is 0 Å². The molecule has 0 spiro atoms. The molecule has 0 bridgehead atoms. The van der Waals surface area contributed by atoms with Gasteiger partial charge in [-0.3, -0.25) is 0 Å². The standard InChI is InChI=1S/C13H11BO5/c15-11-5-1-9(2-6-11)13(16)19-12-7-3-10(4-8-12)14(17)18/h1-8,15,17-18H. The van der Waals surface area contributed by atoms with Crippen LogP contribution < -0.4 is 10.2 Å². The van der Waals surface area contributed by atoms with E-state index >= 15 is 0 Å². The van der Waals surface area contributed by atoms with Crippen molar-refractivity contribution in [3.63, 3.8) is 0 Å². The Kier molecular flexibility index (Phi) is 3.84. The minimum Gasteiger partial charge on any atom is -0.508 e. The Morgan fingerprint density at radius 3 is 2.05 bits per heavy atom. The first-order valence-corrected chi connectivity index (χ1v) is 5.53. The molecule has 0 atom stereocenters. The zero-order valence-corrected chi connectivity index (χ0v) is 9.85. The van der Waals surface area contributed by atoms with Gasteiger partial charge in [0.25, 0.3) is 0 Å². The van der Waals surface area contributed by atoms with Crippen molar-refractivity contribution >= 4 is 18.6 Å². The van der Waals surface area contributed by atoms with Crippen molar-refractivity contribution in [1.29, 1.82) is 0 Å². The molecule has 0 radical (unpaired) electrons. The van der Waals surface area contributed by atoms with E-state index in [0.717, 1.165) is 0 Å². The molecule has 0 aliphatic heterocycles. The monoisotopic (exact) mass is 258 g/mol. The third-order valence-electron chi connectivity index (χ3n) is 2.49. The predicted octanol–water partition coefficient (Wildman–Crippen LogP) is 0.291. The van der Waals surface area contributed by atoms with E-state index in [1.807, 2.05) is 0 Å². The number of hydrogen-bond acceptors (Lipinski definition) is 5. The maximum Gasteiger partial charge on any atom is 0.488 e. The normalized spacial score (nSPS) is 10.0. The third-order valence-corrected chi connectivity index (χ3v) is 2.49. The number of phenols is 1. The van der Waals surface area contributed by atoms with Crippen LogP contribution in [0.15, 0.2) is 48.5 Å². The van der Waals surface area contributed by atoms with E-state index in [1.54, 1.807) is 0 Å². The number of hydrogen-bond donors (Lipinski definition) is 3. The highest BCUT2D eigenvalue weighted by atomic mass is 16.5. The van der Waals surface area contributed by atoms with Crippen molar-refractivity contribution in [3.8, 4) is 11.5 Å². The fourth-order valence-electron chi connectivity index (χ4n) is 1.47. The minimum absolute atomic E-state index is 0.0674. The number of rotatable bonds is 3. The summed E-state index contributed by atoms with van der Waals surface area (Å²) in [6.07, 6.45) is 0. The number of esters is 1. The maximum atomic E-state index is 11.7. The zero-order valence-electron chi connectivity index (χ0n) is 9.85. The van der Waals surface area contributed by atoms with Gasteiger partial charge in [0.15, 0.2) is 0 Å². The van der Waals surface area contributed by atoms with Crippen LogP contribution in [0.25, 0.3) is 0 Å². The Bertz CT molecular complexity index is 563.